The molecule has 6 heteroatoms. The van der Waals surface area contributed by atoms with Gasteiger partial charge in [-0.2, -0.15) is 0 Å². The van der Waals surface area contributed by atoms with Gasteiger partial charge in [0.1, 0.15) is 0 Å². The van der Waals surface area contributed by atoms with Crippen LogP contribution in [-0.2, 0) is 4.79 Å². The highest BCUT2D eigenvalue weighted by atomic mass is 16.3. The van der Waals surface area contributed by atoms with E-state index in [9.17, 15) is 14.7 Å². The zero-order valence-electron chi connectivity index (χ0n) is 15.4. The van der Waals surface area contributed by atoms with Gasteiger partial charge in [0.05, 0.1) is 12.6 Å². The lowest BCUT2D eigenvalue weighted by Crippen LogP contribution is -2.52. The van der Waals surface area contributed by atoms with Crippen LogP contribution in [-0.4, -0.2) is 53.3 Å². The quantitative estimate of drug-likeness (QED) is 0.851. The lowest BCUT2D eigenvalue weighted by molar-refractivity contribution is -0.128. The maximum atomic E-state index is 12.6. The SMILES string of the molecule is CC(C)(C)C(=O)NC[C@H]1[C@H]2C[C@H](CN(CCO)C2)c2cccc(=O)n21. The highest BCUT2D eigenvalue weighted by Gasteiger charge is 2.40. The van der Waals surface area contributed by atoms with Gasteiger partial charge < -0.3 is 19.9 Å². The van der Waals surface area contributed by atoms with E-state index in [4.69, 9.17) is 0 Å². The average molecular weight is 347 g/mol. The van der Waals surface area contributed by atoms with Crippen LogP contribution in [0.3, 0.4) is 0 Å². The predicted octanol–water partition coefficient (Wildman–Crippen LogP) is 0.963. The molecule has 2 aliphatic heterocycles. The fourth-order valence-electron chi connectivity index (χ4n) is 4.19. The van der Waals surface area contributed by atoms with Crippen LogP contribution in [0.2, 0.25) is 0 Å². The summed E-state index contributed by atoms with van der Waals surface area (Å²) in [4.78, 5) is 27.1. The Morgan fingerprint density at radius 2 is 2.08 bits per heavy atom. The number of piperidine rings is 1. The Morgan fingerprint density at radius 1 is 1.32 bits per heavy atom. The van der Waals surface area contributed by atoms with E-state index in [1.54, 1.807) is 6.07 Å². The van der Waals surface area contributed by atoms with Gasteiger partial charge in [-0.15, -0.1) is 0 Å². The van der Waals surface area contributed by atoms with Crippen molar-refractivity contribution in [3.8, 4) is 0 Å². The van der Waals surface area contributed by atoms with Gasteiger partial charge in [-0.25, -0.2) is 0 Å². The number of amides is 1. The van der Waals surface area contributed by atoms with Crippen LogP contribution in [0.4, 0.5) is 0 Å². The van der Waals surface area contributed by atoms with Gasteiger partial charge in [0.2, 0.25) is 5.91 Å². The topological polar surface area (TPSA) is 74.6 Å². The van der Waals surface area contributed by atoms with Gasteiger partial charge in [-0.05, 0) is 18.4 Å². The minimum absolute atomic E-state index is 0.00294. The summed E-state index contributed by atoms with van der Waals surface area (Å²) in [6.45, 7) is 8.68. The zero-order chi connectivity index (χ0) is 18.2. The first-order valence-corrected chi connectivity index (χ1v) is 9.14. The predicted molar refractivity (Wildman–Crippen MR) is 96.6 cm³/mol. The van der Waals surface area contributed by atoms with Gasteiger partial charge in [0.15, 0.2) is 0 Å². The van der Waals surface area contributed by atoms with Gasteiger partial charge in [-0.1, -0.05) is 26.8 Å². The largest absolute Gasteiger partial charge is 0.395 e. The molecule has 3 heterocycles. The summed E-state index contributed by atoms with van der Waals surface area (Å²) in [7, 11) is 0. The first-order chi connectivity index (χ1) is 11.8. The van der Waals surface area contributed by atoms with Crippen LogP contribution >= 0.6 is 0 Å². The Hall–Kier alpha value is -1.66. The second-order valence-electron chi connectivity index (χ2n) is 8.36. The van der Waals surface area contributed by atoms with Crippen molar-refractivity contribution in [1.29, 1.82) is 0 Å². The molecule has 1 aromatic rings. The van der Waals surface area contributed by atoms with Crippen molar-refractivity contribution in [2.75, 3.05) is 32.8 Å². The highest BCUT2D eigenvalue weighted by Crippen LogP contribution is 2.40. The van der Waals surface area contributed by atoms with Crippen LogP contribution in [0.1, 0.15) is 44.8 Å². The smallest absolute Gasteiger partial charge is 0.251 e. The molecule has 0 saturated carbocycles. The first kappa shape index (κ1) is 18.1. The van der Waals surface area contributed by atoms with Gasteiger partial charge in [0.25, 0.3) is 5.56 Å². The summed E-state index contributed by atoms with van der Waals surface area (Å²) in [6.07, 6.45) is 1.03. The van der Waals surface area contributed by atoms with Crippen molar-refractivity contribution in [3.05, 3.63) is 34.2 Å². The maximum Gasteiger partial charge on any atom is 0.251 e. The highest BCUT2D eigenvalue weighted by molar-refractivity contribution is 5.81. The third kappa shape index (κ3) is 3.65. The number of carbonyl (C=O) groups is 1. The van der Waals surface area contributed by atoms with E-state index in [0.29, 0.717) is 24.9 Å². The van der Waals surface area contributed by atoms with Gasteiger partial charge in [-0.3, -0.25) is 9.59 Å². The number of hydrogen-bond acceptors (Lipinski definition) is 4. The molecule has 0 radical (unpaired) electrons. The number of aromatic nitrogens is 1. The van der Waals surface area contributed by atoms with Crippen molar-refractivity contribution < 1.29 is 9.90 Å². The fraction of sp³-hybridized carbons (Fsp3) is 0.684. The third-order valence-corrected chi connectivity index (χ3v) is 5.44. The Bertz CT molecular complexity index is 692. The number of hydrogen-bond donors (Lipinski definition) is 2. The van der Waals surface area contributed by atoms with E-state index in [1.807, 2.05) is 37.5 Å². The Labute approximate surface area is 148 Å². The summed E-state index contributed by atoms with van der Waals surface area (Å²) in [5, 5.41) is 12.3. The van der Waals surface area contributed by atoms with Crippen molar-refractivity contribution in [3.63, 3.8) is 0 Å². The number of rotatable bonds is 4. The average Bonchev–Trinajstić information content (AvgIpc) is 2.54. The molecular weight excluding hydrogens is 318 g/mol. The lowest BCUT2D eigenvalue weighted by Gasteiger charge is -2.47. The van der Waals surface area contributed by atoms with E-state index in [2.05, 4.69) is 10.2 Å². The number of carbonyl (C=O) groups excluding carboxylic acids is 1. The molecule has 1 fully saturated rings. The summed E-state index contributed by atoms with van der Waals surface area (Å²) in [5.74, 6) is 0.620. The Balaban J connectivity index is 1.89. The second kappa shape index (κ2) is 6.92. The fourth-order valence-corrected chi connectivity index (χ4v) is 4.19. The normalized spacial score (nSPS) is 26.2. The molecule has 0 unspecified atom stereocenters. The van der Waals surface area contributed by atoms with Crippen LogP contribution in [0.15, 0.2) is 23.0 Å². The van der Waals surface area contributed by atoms with E-state index >= 15 is 0 Å². The first-order valence-electron chi connectivity index (χ1n) is 9.14. The molecule has 1 aromatic heterocycles. The van der Waals surface area contributed by atoms with E-state index in [1.165, 1.54) is 0 Å². The van der Waals surface area contributed by atoms with Crippen LogP contribution in [0.25, 0.3) is 0 Å². The molecule has 2 aliphatic rings. The molecule has 2 bridgehead atoms. The molecule has 1 saturated heterocycles. The Morgan fingerprint density at radius 3 is 2.76 bits per heavy atom. The van der Waals surface area contributed by atoms with Crippen molar-refractivity contribution >= 4 is 5.91 Å². The van der Waals surface area contributed by atoms with E-state index in [0.717, 1.165) is 25.2 Å². The zero-order valence-corrected chi connectivity index (χ0v) is 15.4. The molecule has 3 rings (SSSR count). The molecule has 0 spiro atoms. The summed E-state index contributed by atoms with van der Waals surface area (Å²) >= 11 is 0. The minimum Gasteiger partial charge on any atom is -0.395 e. The number of pyridine rings is 1. The van der Waals surface area contributed by atoms with Gasteiger partial charge >= 0.3 is 0 Å². The molecule has 2 N–H and O–H groups in total. The number of aliphatic hydroxyl groups is 1. The van der Waals surface area contributed by atoms with Gasteiger partial charge in [0, 0.05) is 49.3 Å². The maximum absolute atomic E-state index is 12.6. The number of nitrogens with one attached hydrogen (secondary N) is 1. The van der Waals surface area contributed by atoms with Crippen LogP contribution in [0, 0.1) is 11.3 Å². The molecule has 0 aromatic carbocycles. The van der Waals surface area contributed by atoms with Crippen LogP contribution in [0.5, 0.6) is 0 Å². The molecule has 0 aliphatic carbocycles. The van der Waals surface area contributed by atoms with Crippen molar-refractivity contribution in [2.45, 2.75) is 39.2 Å². The number of aliphatic hydroxyl groups excluding tert-OH is 1. The molecule has 6 nitrogen and oxygen atoms in total. The standard InChI is InChI=1S/C19H29N3O3/c1-19(2,3)18(25)20-10-16-14-9-13(11-21(12-14)7-8-23)15-5-4-6-17(24)22(15)16/h4-6,13-14,16,23H,7-12H2,1-3H3,(H,20,25)/t13-,14+,16+/m1/s1. The number of β-amino-alcohol motifs (C(OH)–C–C–N with tert-alkyl or cyclic N) is 1. The van der Waals surface area contributed by atoms with Crippen molar-refractivity contribution in [2.24, 2.45) is 11.3 Å². The molecule has 138 valence electrons. The van der Waals surface area contributed by atoms with Crippen molar-refractivity contribution in [1.82, 2.24) is 14.8 Å². The summed E-state index contributed by atoms with van der Waals surface area (Å²) < 4.78 is 1.90. The second-order valence-corrected chi connectivity index (χ2v) is 8.36. The summed E-state index contributed by atoms with van der Waals surface area (Å²) in [6, 6.07) is 5.43. The van der Waals surface area contributed by atoms with E-state index < -0.39 is 5.41 Å². The number of likely N-dealkylation sites (tertiary alicyclic amines) is 1. The molecular formula is C19H29N3O3. The third-order valence-electron chi connectivity index (χ3n) is 5.44. The number of fused-ring (bicyclic) bond motifs is 4. The molecule has 25 heavy (non-hydrogen) atoms. The van der Waals surface area contributed by atoms with E-state index in [-0.39, 0.29) is 24.1 Å². The molecule has 1 amide bonds. The Kier molecular flexibility index (Phi) is 5.02. The summed E-state index contributed by atoms with van der Waals surface area (Å²) in [5.41, 5.74) is 0.621. The minimum atomic E-state index is -0.447. The van der Waals surface area contributed by atoms with Crippen LogP contribution < -0.4 is 10.9 Å². The lowest BCUT2D eigenvalue weighted by atomic mass is 9.78. The monoisotopic (exact) mass is 347 g/mol. The molecule has 3 atom stereocenters. The number of nitrogens with zero attached hydrogens (tertiary/aromatic N) is 2.